The Balaban J connectivity index is 2.30. The van der Waals surface area contributed by atoms with Gasteiger partial charge in [-0.15, -0.1) is 0 Å². The maximum Gasteiger partial charge on any atom is 0.239 e. The maximum absolute atomic E-state index is 11.6. The van der Waals surface area contributed by atoms with Crippen molar-refractivity contribution in [1.82, 2.24) is 10.3 Å². The van der Waals surface area contributed by atoms with Gasteiger partial charge in [0.1, 0.15) is 6.04 Å². The molecule has 19 heavy (non-hydrogen) atoms. The minimum absolute atomic E-state index is 0.358. The summed E-state index contributed by atoms with van der Waals surface area (Å²) >= 11 is 0. The van der Waals surface area contributed by atoms with Crippen molar-refractivity contribution in [2.24, 2.45) is 11.7 Å². The Morgan fingerprint density at radius 2 is 2.16 bits per heavy atom. The first kappa shape index (κ1) is 13.5. The van der Waals surface area contributed by atoms with E-state index < -0.39 is 6.04 Å². The number of amides is 1. The van der Waals surface area contributed by atoms with E-state index in [1.165, 1.54) is 0 Å². The molecule has 0 saturated carbocycles. The quantitative estimate of drug-likeness (QED) is 0.861. The summed E-state index contributed by atoms with van der Waals surface area (Å²) < 4.78 is 0. The van der Waals surface area contributed by atoms with Crippen LogP contribution in [0.1, 0.15) is 25.5 Å². The van der Waals surface area contributed by atoms with E-state index in [0.29, 0.717) is 5.92 Å². The third-order valence-electron chi connectivity index (χ3n) is 2.98. The van der Waals surface area contributed by atoms with Gasteiger partial charge >= 0.3 is 0 Å². The Morgan fingerprint density at radius 3 is 2.84 bits per heavy atom. The molecule has 100 valence electrons. The number of carbonyl (C=O) groups excluding carboxylic acids is 1. The summed E-state index contributed by atoms with van der Waals surface area (Å²) in [5.74, 6) is 0.105. The molecule has 0 aliphatic heterocycles. The summed E-state index contributed by atoms with van der Waals surface area (Å²) in [6, 6.07) is 9.19. The lowest BCUT2D eigenvalue weighted by Crippen LogP contribution is -2.35. The number of hydrogen-bond donors (Lipinski definition) is 2. The molecular formula is C15H19N3O. The molecule has 2 rings (SSSR count). The summed E-state index contributed by atoms with van der Waals surface area (Å²) in [5, 5.41) is 4.22. The molecule has 0 spiro atoms. The SMILES string of the molecule is CC(C)CNC(C(N)=O)c1ccc2ncccc2c1. The Bertz CT molecular complexity index is 580. The van der Waals surface area contributed by atoms with Crippen molar-refractivity contribution in [3.8, 4) is 0 Å². The predicted octanol–water partition coefficient (Wildman–Crippen LogP) is 2.01. The van der Waals surface area contributed by atoms with E-state index in [1.54, 1.807) is 6.20 Å². The van der Waals surface area contributed by atoms with Crippen LogP contribution in [-0.4, -0.2) is 17.4 Å². The zero-order valence-electron chi connectivity index (χ0n) is 11.3. The summed E-state index contributed by atoms with van der Waals surface area (Å²) in [6.07, 6.45) is 1.75. The van der Waals surface area contributed by atoms with Gasteiger partial charge in [-0.2, -0.15) is 0 Å². The first-order valence-electron chi connectivity index (χ1n) is 6.45. The molecule has 1 heterocycles. The van der Waals surface area contributed by atoms with Gasteiger partial charge in [-0.05, 0) is 36.2 Å². The molecule has 0 fully saturated rings. The van der Waals surface area contributed by atoms with Crippen LogP contribution in [0.25, 0.3) is 10.9 Å². The fourth-order valence-corrected chi connectivity index (χ4v) is 2.01. The van der Waals surface area contributed by atoms with Gasteiger partial charge in [0.15, 0.2) is 0 Å². The Labute approximate surface area is 113 Å². The Hall–Kier alpha value is -1.94. The van der Waals surface area contributed by atoms with Gasteiger partial charge in [0.2, 0.25) is 5.91 Å². The number of nitrogens with two attached hydrogens (primary N) is 1. The van der Waals surface area contributed by atoms with E-state index in [2.05, 4.69) is 24.1 Å². The van der Waals surface area contributed by atoms with Gasteiger partial charge in [0.25, 0.3) is 0 Å². The van der Waals surface area contributed by atoms with Crippen molar-refractivity contribution in [2.75, 3.05) is 6.54 Å². The maximum atomic E-state index is 11.6. The van der Waals surface area contributed by atoms with Crippen molar-refractivity contribution in [3.63, 3.8) is 0 Å². The minimum Gasteiger partial charge on any atom is -0.368 e. The van der Waals surface area contributed by atoms with Crippen LogP contribution in [0, 0.1) is 5.92 Å². The summed E-state index contributed by atoms with van der Waals surface area (Å²) in [6.45, 7) is 4.93. The molecule has 4 nitrogen and oxygen atoms in total. The van der Waals surface area contributed by atoms with Gasteiger partial charge in [0.05, 0.1) is 5.52 Å². The van der Waals surface area contributed by atoms with E-state index in [9.17, 15) is 4.79 Å². The zero-order valence-corrected chi connectivity index (χ0v) is 11.3. The molecule has 0 bridgehead atoms. The fraction of sp³-hybridized carbons (Fsp3) is 0.333. The van der Waals surface area contributed by atoms with Crippen molar-refractivity contribution < 1.29 is 4.79 Å². The minimum atomic E-state index is -0.452. The molecule has 4 heteroatoms. The van der Waals surface area contributed by atoms with Crippen LogP contribution in [0.4, 0.5) is 0 Å². The second-order valence-corrected chi connectivity index (χ2v) is 5.09. The van der Waals surface area contributed by atoms with E-state index in [4.69, 9.17) is 5.73 Å². The number of pyridine rings is 1. The van der Waals surface area contributed by atoms with Crippen LogP contribution in [0.5, 0.6) is 0 Å². The molecule has 0 radical (unpaired) electrons. The molecule has 1 aromatic carbocycles. The number of primary amides is 1. The highest BCUT2D eigenvalue weighted by atomic mass is 16.1. The molecule has 1 aromatic heterocycles. The van der Waals surface area contributed by atoms with Gasteiger partial charge in [-0.25, -0.2) is 0 Å². The van der Waals surface area contributed by atoms with Crippen LogP contribution < -0.4 is 11.1 Å². The second kappa shape index (κ2) is 5.80. The largest absolute Gasteiger partial charge is 0.368 e. The summed E-state index contributed by atoms with van der Waals surface area (Å²) in [7, 11) is 0. The van der Waals surface area contributed by atoms with Crippen LogP contribution >= 0.6 is 0 Å². The monoisotopic (exact) mass is 257 g/mol. The highest BCUT2D eigenvalue weighted by Gasteiger charge is 2.17. The number of nitrogens with zero attached hydrogens (tertiary/aromatic N) is 1. The third-order valence-corrected chi connectivity index (χ3v) is 2.98. The van der Waals surface area contributed by atoms with Crippen LogP contribution in [0.15, 0.2) is 36.5 Å². The molecule has 0 aliphatic rings. The smallest absolute Gasteiger partial charge is 0.239 e. The molecule has 1 unspecified atom stereocenters. The van der Waals surface area contributed by atoms with Gasteiger partial charge < -0.3 is 11.1 Å². The number of fused-ring (bicyclic) bond motifs is 1. The highest BCUT2D eigenvalue weighted by Crippen LogP contribution is 2.19. The predicted molar refractivity (Wildman–Crippen MR) is 76.5 cm³/mol. The first-order valence-corrected chi connectivity index (χ1v) is 6.45. The Morgan fingerprint density at radius 1 is 1.37 bits per heavy atom. The number of rotatable bonds is 5. The topological polar surface area (TPSA) is 68.0 Å². The molecule has 1 amide bonds. The van der Waals surface area contributed by atoms with Crippen LogP contribution in [0.3, 0.4) is 0 Å². The lowest BCUT2D eigenvalue weighted by atomic mass is 10.0. The lowest BCUT2D eigenvalue weighted by molar-refractivity contribution is -0.120. The van der Waals surface area contributed by atoms with Crippen molar-refractivity contribution in [3.05, 3.63) is 42.1 Å². The third kappa shape index (κ3) is 3.29. The number of nitrogens with one attached hydrogen (secondary N) is 1. The van der Waals surface area contributed by atoms with Gasteiger partial charge in [-0.3, -0.25) is 9.78 Å². The lowest BCUT2D eigenvalue weighted by Gasteiger charge is -2.17. The number of benzene rings is 1. The molecule has 2 aromatic rings. The second-order valence-electron chi connectivity index (χ2n) is 5.09. The normalized spacial score (nSPS) is 12.8. The fourth-order valence-electron chi connectivity index (χ4n) is 2.01. The molecule has 3 N–H and O–H groups in total. The first-order chi connectivity index (χ1) is 9.08. The summed E-state index contributed by atoms with van der Waals surface area (Å²) in [5.41, 5.74) is 7.28. The van der Waals surface area contributed by atoms with E-state index >= 15 is 0 Å². The van der Waals surface area contributed by atoms with E-state index in [1.807, 2.05) is 30.3 Å². The van der Waals surface area contributed by atoms with Crippen molar-refractivity contribution in [1.29, 1.82) is 0 Å². The van der Waals surface area contributed by atoms with E-state index in [0.717, 1.165) is 23.0 Å². The molecule has 0 aliphatic carbocycles. The standard InChI is InChI=1S/C15H19N3O/c1-10(2)9-18-14(15(16)19)12-5-6-13-11(8-12)4-3-7-17-13/h3-8,10,14,18H,9H2,1-2H3,(H2,16,19). The number of carbonyl (C=O) groups is 1. The van der Waals surface area contributed by atoms with Gasteiger partial charge in [0, 0.05) is 11.6 Å². The molecule has 1 atom stereocenters. The number of aromatic nitrogens is 1. The summed E-state index contributed by atoms with van der Waals surface area (Å²) in [4.78, 5) is 15.9. The highest BCUT2D eigenvalue weighted by molar-refractivity contribution is 5.85. The van der Waals surface area contributed by atoms with E-state index in [-0.39, 0.29) is 5.91 Å². The van der Waals surface area contributed by atoms with Crippen LogP contribution in [0.2, 0.25) is 0 Å². The number of hydrogen-bond acceptors (Lipinski definition) is 3. The molecular weight excluding hydrogens is 238 g/mol. The average molecular weight is 257 g/mol. The average Bonchev–Trinajstić information content (AvgIpc) is 2.38. The molecule has 0 saturated heterocycles. The van der Waals surface area contributed by atoms with Crippen molar-refractivity contribution >= 4 is 16.8 Å². The Kier molecular flexibility index (Phi) is 4.12. The van der Waals surface area contributed by atoms with Crippen LogP contribution in [-0.2, 0) is 4.79 Å². The van der Waals surface area contributed by atoms with Gasteiger partial charge in [-0.1, -0.05) is 26.0 Å². The zero-order chi connectivity index (χ0) is 13.8. The van der Waals surface area contributed by atoms with Crippen molar-refractivity contribution in [2.45, 2.75) is 19.9 Å².